The van der Waals surface area contributed by atoms with E-state index in [2.05, 4.69) is 16.5 Å². The second-order valence-electron chi connectivity index (χ2n) is 6.47. The Labute approximate surface area is 173 Å². The molecule has 0 aliphatic carbocycles. The molecule has 0 spiro atoms. The van der Waals surface area contributed by atoms with E-state index >= 15 is 0 Å². The predicted molar refractivity (Wildman–Crippen MR) is 108 cm³/mol. The third-order valence-electron chi connectivity index (χ3n) is 4.25. The highest BCUT2D eigenvalue weighted by Crippen LogP contribution is 2.21. The highest BCUT2D eigenvalue weighted by molar-refractivity contribution is 5.58. The Kier molecular flexibility index (Phi) is 5.83. The van der Waals surface area contributed by atoms with Gasteiger partial charge in [-0.25, -0.2) is 8.78 Å². The molecule has 0 aromatic carbocycles. The maximum atomic E-state index is 13.9. The van der Waals surface area contributed by atoms with Crippen molar-refractivity contribution in [1.82, 2.24) is 14.5 Å². The van der Waals surface area contributed by atoms with Crippen LogP contribution in [0, 0.1) is 25.5 Å². The SMILES string of the molecule is [2H]C(Oc1cc(C)n(-c2cc(C(=C)OCC)ncc2C)c(=O)c1)c1ncc(F)cc1F. The third-order valence-corrected chi connectivity index (χ3v) is 4.25. The number of pyridine rings is 3. The summed E-state index contributed by atoms with van der Waals surface area (Å²) in [6.45, 7) is 8.05. The van der Waals surface area contributed by atoms with Gasteiger partial charge in [0.2, 0.25) is 0 Å². The summed E-state index contributed by atoms with van der Waals surface area (Å²) >= 11 is 0. The van der Waals surface area contributed by atoms with Crippen LogP contribution in [0.15, 0.2) is 48.0 Å². The second-order valence-corrected chi connectivity index (χ2v) is 6.47. The molecule has 3 aromatic rings. The first kappa shape index (κ1) is 19.8. The van der Waals surface area contributed by atoms with E-state index in [1.54, 1.807) is 25.3 Å². The van der Waals surface area contributed by atoms with Crippen LogP contribution < -0.4 is 10.3 Å². The molecule has 3 aromatic heterocycles. The molecule has 8 heteroatoms. The fraction of sp³-hybridized carbons (Fsp3) is 0.227. The Morgan fingerprint density at radius 3 is 2.63 bits per heavy atom. The zero-order chi connectivity index (χ0) is 22.7. The predicted octanol–water partition coefficient (Wildman–Crippen LogP) is 4.11. The molecule has 0 saturated carbocycles. The molecule has 0 radical (unpaired) electrons. The Balaban J connectivity index is 1.95. The Bertz CT molecular complexity index is 1200. The summed E-state index contributed by atoms with van der Waals surface area (Å²) in [7, 11) is 0. The lowest BCUT2D eigenvalue weighted by Gasteiger charge is -2.16. The number of ether oxygens (including phenoxy) is 2. The molecule has 0 bridgehead atoms. The first-order valence-corrected chi connectivity index (χ1v) is 9.14. The molecule has 156 valence electrons. The second kappa shape index (κ2) is 8.86. The van der Waals surface area contributed by atoms with E-state index in [0.717, 1.165) is 11.8 Å². The van der Waals surface area contributed by atoms with Crippen LogP contribution >= 0.6 is 0 Å². The minimum atomic E-state index is -1.57. The van der Waals surface area contributed by atoms with Crippen molar-refractivity contribution in [2.45, 2.75) is 27.4 Å². The molecule has 3 heterocycles. The number of aryl methyl sites for hydroxylation is 2. The van der Waals surface area contributed by atoms with Crippen LogP contribution in [0.2, 0.25) is 0 Å². The van der Waals surface area contributed by atoms with E-state index in [4.69, 9.17) is 10.8 Å². The molecule has 0 amide bonds. The van der Waals surface area contributed by atoms with Gasteiger partial charge in [0.15, 0.2) is 5.82 Å². The number of halogens is 2. The van der Waals surface area contributed by atoms with Gasteiger partial charge in [0.1, 0.15) is 35.3 Å². The summed E-state index contributed by atoms with van der Waals surface area (Å²) in [6, 6.07) is 5.05. The zero-order valence-corrected chi connectivity index (χ0v) is 16.8. The lowest BCUT2D eigenvalue weighted by molar-refractivity contribution is 0.292. The van der Waals surface area contributed by atoms with Gasteiger partial charge in [-0.05, 0) is 32.4 Å². The van der Waals surface area contributed by atoms with Gasteiger partial charge in [0.05, 0.1) is 19.9 Å². The minimum Gasteiger partial charge on any atom is -0.492 e. The topological polar surface area (TPSA) is 66.2 Å². The summed E-state index contributed by atoms with van der Waals surface area (Å²) in [5.74, 6) is -1.40. The van der Waals surface area contributed by atoms with Crippen molar-refractivity contribution in [2.24, 2.45) is 0 Å². The van der Waals surface area contributed by atoms with E-state index in [-0.39, 0.29) is 11.4 Å². The number of hydrogen-bond donors (Lipinski definition) is 0. The fourth-order valence-electron chi connectivity index (χ4n) is 2.84. The van der Waals surface area contributed by atoms with Crippen molar-refractivity contribution in [3.05, 3.63) is 87.9 Å². The maximum absolute atomic E-state index is 13.9. The van der Waals surface area contributed by atoms with Gasteiger partial charge in [-0.2, -0.15) is 0 Å². The molecule has 6 nitrogen and oxygen atoms in total. The summed E-state index contributed by atoms with van der Waals surface area (Å²) in [4.78, 5) is 20.7. The van der Waals surface area contributed by atoms with E-state index in [0.29, 0.717) is 35.5 Å². The van der Waals surface area contributed by atoms with Crippen LogP contribution in [0.25, 0.3) is 11.4 Å². The molecule has 0 fully saturated rings. The molecular weight excluding hydrogens is 392 g/mol. The zero-order valence-electron chi connectivity index (χ0n) is 17.8. The lowest BCUT2D eigenvalue weighted by atomic mass is 10.2. The average molecular weight is 414 g/mol. The third kappa shape index (κ3) is 4.53. The standard InChI is InChI=1S/C22H21F2N3O3/c1-5-29-15(4)19-9-21(13(2)10-25-19)27-14(3)6-17(8-22(27)28)30-12-20-18(24)7-16(23)11-26-20/h6-11H,4-5,12H2,1-3H3/i12D. The molecular formula is C22H21F2N3O3. The van der Waals surface area contributed by atoms with Crippen LogP contribution in [-0.4, -0.2) is 21.1 Å². The minimum absolute atomic E-state index is 0.0648. The van der Waals surface area contributed by atoms with Crippen molar-refractivity contribution < 1.29 is 19.6 Å². The average Bonchev–Trinajstić information content (AvgIpc) is 2.68. The quantitative estimate of drug-likeness (QED) is 0.545. The maximum Gasteiger partial charge on any atom is 0.259 e. The van der Waals surface area contributed by atoms with Gasteiger partial charge in [0.25, 0.3) is 5.56 Å². The Morgan fingerprint density at radius 2 is 1.97 bits per heavy atom. The van der Waals surface area contributed by atoms with Crippen LogP contribution in [0.1, 0.15) is 30.9 Å². The van der Waals surface area contributed by atoms with Crippen LogP contribution in [0.5, 0.6) is 5.75 Å². The molecule has 1 unspecified atom stereocenters. The Morgan fingerprint density at radius 1 is 1.20 bits per heavy atom. The van der Waals surface area contributed by atoms with Gasteiger partial charge < -0.3 is 9.47 Å². The summed E-state index contributed by atoms with van der Waals surface area (Å²) in [5.41, 5.74) is 1.56. The highest BCUT2D eigenvalue weighted by Gasteiger charge is 2.13. The lowest BCUT2D eigenvalue weighted by Crippen LogP contribution is -2.21. The van der Waals surface area contributed by atoms with Crippen molar-refractivity contribution >= 4 is 5.76 Å². The monoisotopic (exact) mass is 414 g/mol. The molecule has 0 saturated heterocycles. The molecule has 1 atom stereocenters. The fourth-order valence-corrected chi connectivity index (χ4v) is 2.84. The smallest absolute Gasteiger partial charge is 0.259 e. The molecule has 30 heavy (non-hydrogen) atoms. The Hall–Kier alpha value is -3.55. The van der Waals surface area contributed by atoms with Gasteiger partial charge in [-0.15, -0.1) is 0 Å². The molecule has 3 rings (SSSR count). The molecule has 0 aliphatic rings. The van der Waals surface area contributed by atoms with Crippen LogP contribution in [0.4, 0.5) is 8.78 Å². The number of aromatic nitrogens is 3. The number of rotatable bonds is 7. The first-order chi connectivity index (χ1) is 14.7. The van der Waals surface area contributed by atoms with Gasteiger partial charge in [0, 0.05) is 30.1 Å². The highest BCUT2D eigenvalue weighted by atomic mass is 19.1. The van der Waals surface area contributed by atoms with E-state index in [9.17, 15) is 13.6 Å². The van der Waals surface area contributed by atoms with Gasteiger partial charge in [-0.3, -0.25) is 19.3 Å². The number of nitrogens with zero attached hydrogens (tertiary/aromatic N) is 3. The van der Waals surface area contributed by atoms with E-state index < -0.39 is 23.8 Å². The van der Waals surface area contributed by atoms with Crippen LogP contribution in [0.3, 0.4) is 0 Å². The van der Waals surface area contributed by atoms with Crippen LogP contribution in [-0.2, 0) is 11.3 Å². The number of hydrogen-bond acceptors (Lipinski definition) is 5. The van der Waals surface area contributed by atoms with Gasteiger partial charge >= 0.3 is 0 Å². The summed E-state index contributed by atoms with van der Waals surface area (Å²) in [6.07, 6.45) is 2.42. The molecule has 0 aliphatic heterocycles. The summed E-state index contributed by atoms with van der Waals surface area (Å²) in [5, 5.41) is 0. The van der Waals surface area contributed by atoms with Gasteiger partial charge in [-0.1, -0.05) is 6.58 Å². The summed E-state index contributed by atoms with van der Waals surface area (Å²) < 4.78 is 47.1. The normalized spacial score (nSPS) is 12.2. The van der Waals surface area contributed by atoms with Crippen molar-refractivity contribution in [1.29, 1.82) is 0 Å². The molecule has 0 N–H and O–H groups in total. The van der Waals surface area contributed by atoms with Crippen molar-refractivity contribution in [3.8, 4) is 11.4 Å². The van der Waals surface area contributed by atoms with E-state index in [1.165, 1.54) is 10.6 Å². The largest absolute Gasteiger partial charge is 0.492 e. The van der Waals surface area contributed by atoms with E-state index in [1.807, 2.05) is 13.8 Å². The first-order valence-electron chi connectivity index (χ1n) is 9.71. The van der Waals surface area contributed by atoms with Crippen molar-refractivity contribution in [3.63, 3.8) is 0 Å². The van der Waals surface area contributed by atoms with Crippen molar-refractivity contribution in [2.75, 3.05) is 6.61 Å².